The number of carbonyl (C=O) groups excluding carboxylic acids is 5. The third-order valence-electron chi connectivity index (χ3n) is 11.6. The standard InChI is InChI=1S/C40H48O14/c1-20(2)40(54-35(47)27-17-13-10-14-18-27)30(44)22(4)38(48)28-19-21(3)32(50-23(5)41)39(28,49)36(52-25(7)43)37(8,33(51-24(6)42)29(38)31(40)45)53-34(46)26-15-11-9-12-16-26/h9-18,21-22,28-33,36,44-45,48-49H,1,19H2,2-8H3. The van der Waals surface area contributed by atoms with Gasteiger partial charge in [-0.05, 0) is 56.0 Å². The van der Waals surface area contributed by atoms with Crippen LogP contribution in [-0.2, 0) is 38.1 Å². The molecular formula is C40H48O14. The zero-order valence-corrected chi connectivity index (χ0v) is 31.3. The van der Waals surface area contributed by atoms with Gasteiger partial charge in [0.25, 0.3) is 0 Å². The molecule has 14 nitrogen and oxygen atoms in total. The molecule has 0 heterocycles. The van der Waals surface area contributed by atoms with E-state index >= 15 is 0 Å². The average Bonchev–Trinajstić information content (AvgIpc) is 3.34. The zero-order chi connectivity index (χ0) is 40.1. The molecule has 0 radical (unpaired) electrons. The first kappa shape index (κ1) is 40.6. The second-order valence-corrected chi connectivity index (χ2v) is 15.1. The monoisotopic (exact) mass is 752 g/mol. The Kier molecular flexibility index (Phi) is 10.9. The highest BCUT2D eigenvalue weighted by Gasteiger charge is 2.82. The molecular weight excluding hydrogens is 704 g/mol. The van der Waals surface area contributed by atoms with Crippen molar-refractivity contribution in [3.8, 4) is 0 Å². The third-order valence-corrected chi connectivity index (χ3v) is 11.6. The van der Waals surface area contributed by atoms with Gasteiger partial charge in [-0.3, -0.25) is 14.4 Å². The molecule has 2 aromatic carbocycles. The smallest absolute Gasteiger partial charge is 0.339 e. The largest absolute Gasteiger partial charge is 0.459 e. The summed E-state index contributed by atoms with van der Waals surface area (Å²) < 4.78 is 29.8. The van der Waals surface area contributed by atoms with Crippen LogP contribution in [0.15, 0.2) is 72.8 Å². The molecule has 0 saturated heterocycles. The fourth-order valence-electron chi connectivity index (χ4n) is 9.35. The summed E-state index contributed by atoms with van der Waals surface area (Å²) in [6.45, 7) is 12.7. The van der Waals surface area contributed by atoms with Crippen molar-refractivity contribution in [3.05, 3.63) is 83.9 Å². The van der Waals surface area contributed by atoms with E-state index in [-0.39, 0.29) is 23.1 Å². The molecule has 13 atom stereocenters. The maximum atomic E-state index is 14.1. The third kappa shape index (κ3) is 6.28. The summed E-state index contributed by atoms with van der Waals surface area (Å²) in [4.78, 5) is 66.7. The number of esters is 5. The van der Waals surface area contributed by atoms with E-state index in [1.165, 1.54) is 45.0 Å². The van der Waals surface area contributed by atoms with Gasteiger partial charge in [-0.2, -0.15) is 0 Å². The van der Waals surface area contributed by atoms with E-state index in [1.807, 2.05) is 0 Å². The first-order valence-corrected chi connectivity index (χ1v) is 17.7. The van der Waals surface area contributed by atoms with Gasteiger partial charge < -0.3 is 44.1 Å². The van der Waals surface area contributed by atoms with Crippen molar-refractivity contribution in [1.29, 1.82) is 0 Å². The Morgan fingerprint density at radius 1 is 0.685 bits per heavy atom. The number of hydrogen-bond acceptors (Lipinski definition) is 14. The van der Waals surface area contributed by atoms with E-state index < -0.39 is 106 Å². The van der Waals surface area contributed by atoms with Crippen LogP contribution in [0.5, 0.6) is 0 Å². The molecule has 13 unspecified atom stereocenters. The van der Waals surface area contributed by atoms with Crippen LogP contribution < -0.4 is 0 Å². The lowest BCUT2D eigenvalue weighted by Gasteiger charge is -2.60. The lowest BCUT2D eigenvalue weighted by atomic mass is 9.52. The number of aliphatic hydroxyl groups excluding tert-OH is 2. The Labute approximate surface area is 313 Å². The number of benzene rings is 2. The first-order valence-electron chi connectivity index (χ1n) is 17.7. The van der Waals surface area contributed by atoms with Gasteiger partial charge in [-0.15, -0.1) is 0 Å². The van der Waals surface area contributed by atoms with Crippen LogP contribution in [-0.4, -0.2) is 103 Å². The Morgan fingerprint density at radius 2 is 1.15 bits per heavy atom. The van der Waals surface area contributed by atoms with E-state index in [1.54, 1.807) is 43.3 Å². The van der Waals surface area contributed by atoms with Crippen molar-refractivity contribution in [1.82, 2.24) is 0 Å². The van der Waals surface area contributed by atoms with Crippen molar-refractivity contribution in [2.75, 3.05) is 0 Å². The van der Waals surface area contributed by atoms with Crippen molar-refractivity contribution in [3.63, 3.8) is 0 Å². The molecule has 5 rings (SSSR count). The minimum Gasteiger partial charge on any atom is -0.459 e. The minimum atomic E-state index is -2.65. The molecule has 0 spiro atoms. The predicted octanol–water partition coefficient (Wildman–Crippen LogP) is 2.69. The van der Waals surface area contributed by atoms with Crippen molar-refractivity contribution < 1.29 is 68.1 Å². The van der Waals surface area contributed by atoms with E-state index in [4.69, 9.17) is 23.7 Å². The lowest BCUT2D eigenvalue weighted by Crippen LogP contribution is -2.77. The minimum absolute atomic E-state index is 0.0118. The van der Waals surface area contributed by atoms with Gasteiger partial charge in [-0.25, -0.2) is 9.59 Å². The summed E-state index contributed by atoms with van der Waals surface area (Å²) >= 11 is 0. The number of carbonyl (C=O) groups is 5. The van der Waals surface area contributed by atoms with Crippen LogP contribution >= 0.6 is 0 Å². The van der Waals surface area contributed by atoms with Gasteiger partial charge in [0.05, 0.1) is 22.6 Å². The van der Waals surface area contributed by atoms with E-state index in [2.05, 4.69) is 6.58 Å². The van der Waals surface area contributed by atoms with Crippen molar-refractivity contribution >= 4 is 29.8 Å². The molecule has 292 valence electrons. The van der Waals surface area contributed by atoms with E-state index in [0.717, 1.165) is 20.8 Å². The van der Waals surface area contributed by atoms with Gasteiger partial charge in [0, 0.05) is 32.6 Å². The maximum Gasteiger partial charge on any atom is 0.339 e. The van der Waals surface area contributed by atoms with Crippen LogP contribution in [0.1, 0.15) is 75.6 Å². The highest BCUT2D eigenvalue weighted by Crippen LogP contribution is 2.64. The molecule has 4 N–H and O–H groups in total. The Morgan fingerprint density at radius 3 is 1.61 bits per heavy atom. The molecule has 0 bridgehead atoms. The highest BCUT2D eigenvalue weighted by molar-refractivity contribution is 5.90. The molecule has 0 aromatic heterocycles. The number of aliphatic hydroxyl groups is 4. The highest BCUT2D eigenvalue weighted by atomic mass is 16.6. The Balaban J connectivity index is 1.88. The normalized spacial score (nSPS) is 38.4. The van der Waals surface area contributed by atoms with Gasteiger partial charge in [0.1, 0.15) is 23.9 Å². The molecule has 2 aromatic rings. The Bertz CT molecular complexity index is 1800. The summed E-state index contributed by atoms with van der Waals surface area (Å²) in [7, 11) is 0. The fraction of sp³-hybridized carbons (Fsp3) is 0.525. The molecule has 14 heteroatoms. The molecule has 54 heavy (non-hydrogen) atoms. The van der Waals surface area contributed by atoms with E-state index in [0.29, 0.717) is 0 Å². The van der Waals surface area contributed by atoms with Crippen LogP contribution in [0.2, 0.25) is 0 Å². The molecule has 3 fully saturated rings. The van der Waals surface area contributed by atoms with Crippen LogP contribution in [0, 0.1) is 23.7 Å². The fourth-order valence-corrected chi connectivity index (χ4v) is 9.35. The van der Waals surface area contributed by atoms with Crippen molar-refractivity contribution in [2.45, 2.75) is 108 Å². The summed E-state index contributed by atoms with van der Waals surface area (Å²) in [6, 6.07) is 15.3. The van der Waals surface area contributed by atoms with Gasteiger partial charge >= 0.3 is 29.8 Å². The van der Waals surface area contributed by atoms with Crippen molar-refractivity contribution in [2.24, 2.45) is 23.7 Å². The van der Waals surface area contributed by atoms with Gasteiger partial charge in [0.2, 0.25) is 0 Å². The molecule has 3 aliphatic carbocycles. The molecule has 3 aliphatic rings. The topological polar surface area (TPSA) is 212 Å². The Hall–Kier alpha value is -4.63. The first-order chi connectivity index (χ1) is 25.2. The lowest BCUT2D eigenvalue weighted by molar-refractivity contribution is -0.297. The second-order valence-electron chi connectivity index (χ2n) is 15.1. The number of rotatable bonds is 8. The number of ether oxygens (including phenoxy) is 5. The predicted molar refractivity (Wildman–Crippen MR) is 188 cm³/mol. The number of hydrogen-bond donors (Lipinski definition) is 4. The molecule has 3 saturated carbocycles. The second kappa shape index (κ2) is 14.5. The van der Waals surface area contributed by atoms with Crippen LogP contribution in [0.3, 0.4) is 0 Å². The maximum absolute atomic E-state index is 14.1. The van der Waals surface area contributed by atoms with Gasteiger partial charge in [-0.1, -0.05) is 56.8 Å². The number of fused-ring (bicyclic) bond motifs is 3. The van der Waals surface area contributed by atoms with E-state index in [9.17, 15) is 44.4 Å². The summed E-state index contributed by atoms with van der Waals surface area (Å²) in [6.07, 6.45) is -10.0. The summed E-state index contributed by atoms with van der Waals surface area (Å²) in [5, 5.41) is 51.8. The van der Waals surface area contributed by atoms with Crippen LogP contribution in [0.25, 0.3) is 0 Å². The molecule has 0 amide bonds. The average molecular weight is 753 g/mol. The van der Waals surface area contributed by atoms with Gasteiger partial charge in [0.15, 0.2) is 23.4 Å². The zero-order valence-electron chi connectivity index (χ0n) is 31.3. The van der Waals surface area contributed by atoms with Crippen LogP contribution in [0.4, 0.5) is 0 Å². The summed E-state index contributed by atoms with van der Waals surface area (Å²) in [5.41, 5.74) is -10.2. The quantitative estimate of drug-likeness (QED) is 0.174. The SMILES string of the molecule is C=C(C)C1(OC(=O)c2ccccc2)C(O)C(C)C2(O)C(C(OC(C)=O)C(C)(OC(=O)c3ccccc3)C(OC(C)=O)C3(O)C(OC(C)=O)C(C)CC23)C1O. The summed E-state index contributed by atoms with van der Waals surface area (Å²) in [5.74, 6) is -10.6. The molecule has 0 aliphatic heterocycles.